The first-order chi connectivity index (χ1) is 9.66. The maximum Gasteiger partial charge on any atom is 0.127 e. The van der Waals surface area contributed by atoms with Crippen LogP contribution in [-0.4, -0.2) is 6.04 Å². The van der Waals surface area contributed by atoms with E-state index in [0.29, 0.717) is 11.5 Å². The standard InChI is InChI=1S/C18H21NO/c1-14(18(2)12-13-18)19-15-8-10-17(11-9-15)20-16-6-4-3-5-7-16/h3-11,14,19H,12-13H2,1-2H3. The van der Waals surface area contributed by atoms with Crippen molar-refractivity contribution in [1.29, 1.82) is 0 Å². The van der Waals surface area contributed by atoms with E-state index >= 15 is 0 Å². The van der Waals surface area contributed by atoms with Crippen LogP contribution >= 0.6 is 0 Å². The zero-order valence-corrected chi connectivity index (χ0v) is 12.1. The van der Waals surface area contributed by atoms with Crippen molar-refractivity contribution in [1.82, 2.24) is 0 Å². The summed E-state index contributed by atoms with van der Waals surface area (Å²) in [7, 11) is 0. The maximum absolute atomic E-state index is 5.79. The van der Waals surface area contributed by atoms with Crippen LogP contribution in [0.25, 0.3) is 0 Å². The van der Waals surface area contributed by atoms with E-state index in [1.807, 2.05) is 42.5 Å². The van der Waals surface area contributed by atoms with Crippen molar-refractivity contribution in [2.24, 2.45) is 5.41 Å². The molecule has 0 heterocycles. The molecule has 1 aliphatic carbocycles. The van der Waals surface area contributed by atoms with Gasteiger partial charge in [-0.15, -0.1) is 0 Å². The second-order valence-electron chi connectivity index (χ2n) is 5.96. The maximum atomic E-state index is 5.79. The van der Waals surface area contributed by atoms with Crippen molar-refractivity contribution in [2.45, 2.75) is 32.7 Å². The van der Waals surface area contributed by atoms with E-state index in [1.165, 1.54) is 12.8 Å². The summed E-state index contributed by atoms with van der Waals surface area (Å²) in [5.41, 5.74) is 1.64. The fraction of sp³-hybridized carbons (Fsp3) is 0.333. The molecule has 3 rings (SSSR count). The van der Waals surface area contributed by atoms with Gasteiger partial charge in [-0.2, -0.15) is 0 Å². The van der Waals surface area contributed by atoms with Crippen molar-refractivity contribution >= 4 is 5.69 Å². The Labute approximate surface area is 120 Å². The molecule has 0 amide bonds. The number of anilines is 1. The average molecular weight is 267 g/mol. The Hall–Kier alpha value is -1.96. The van der Waals surface area contributed by atoms with E-state index in [1.54, 1.807) is 0 Å². The molecule has 20 heavy (non-hydrogen) atoms. The molecule has 1 fully saturated rings. The van der Waals surface area contributed by atoms with E-state index in [0.717, 1.165) is 17.2 Å². The number of ether oxygens (including phenoxy) is 1. The van der Waals surface area contributed by atoms with Gasteiger partial charge in [0.2, 0.25) is 0 Å². The molecule has 2 nitrogen and oxygen atoms in total. The highest BCUT2D eigenvalue weighted by Crippen LogP contribution is 2.48. The highest BCUT2D eigenvalue weighted by molar-refractivity contribution is 5.48. The molecule has 0 bridgehead atoms. The summed E-state index contributed by atoms with van der Waals surface area (Å²) < 4.78 is 5.79. The third-order valence-electron chi connectivity index (χ3n) is 4.30. The lowest BCUT2D eigenvalue weighted by Crippen LogP contribution is -2.24. The fourth-order valence-corrected chi connectivity index (χ4v) is 2.30. The lowest BCUT2D eigenvalue weighted by Gasteiger charge is -2.21. The van der Waals surface area contributed by atoms with Crippen LogP contribution in [0.3, 0.4) is 0 Å². The average Bonchev–Trinajstić information content (AvgIpc) is 3.22. The van der Waals surface area contributed by atoms with E-state index in [-0.39, 0.29) is 0 Å². The third-order valence-corrected chi connectivity index (χ3v) is 4.30. The Morgan fingerprint density at radius 3 is 2.15 bits per heavy atom. The number of benzene rings is 2. The monoisotopic (exact) mass is 267 g/mol. The van der Waals surface area contributed by atoms with Crippen LogP contribution in [0.4, 0.5) is 5.69 Å². The molecule has 1 N–H and O–H groups in total. The van der Waals surface area contributed by atoms with E-state index in [4.69, 9.17) is 4.74 Å². The van der Waals surface area contributed by atoms with Gasteiger partial charge in [-0.25, -0.2) is 0 Å². The number of nitrogens with one attached hydrogen (secondary N) is 1. The van der Waals surface area contributed by atoms with Crippen molar-refractivity contribution in [2.75, 3.05) is 5.32 Å². The van der Waals surface area contributed by atoms with Gasteiger partial charge < -0.3 is 10.1 Å². The predicted molar refractivity (Wildman–Crippen MR) is 83.4 cm³/mol. The first-order valence-corrected chi connectivity index (χ1v) is 7.25. The fourth-order valence-electron chi connectivity index (χ4n) is 2.30. The predicted octanol–water partition coefficient (Wildman–Crippen LogP) is 5.08. The second-order valence-corrected chi connectivity index (χ2v) is 5.96. The molecule has 0 saturated heterocycles. The van der Waals surface area contributed by atoms with Gasteiger partial charge in [0.25, 0.3) is 0 Å². The van der Waals surface area contributed by atoms with Gasteiger partial charge in [0.1, 0.15) is 11.5 Å². The van der Waals surface area contributed by atoms with Crippen LogP contribution < -0.4 is 10.1 Å². The molecule has 0 spiro atoms. The molecular weight excluding hydrogens is 246 g/mol. The summed E-state index contributed by atoms with van der Waals surface area (Å²) >= 11 is 0. The van der Waals surface area contributed by atoms with Gasteiger partial charge in [-0.3, -0.25) is 0 Å². The van der Waals surface area contributed by atoms with E-state index < -0.39 is 0 Å². The van der Waals surface area contributed by atoms with E-state index in [9.17, 15) is 0 Å². The quantitative estimate of drug-likeness (QED) is 0.815. The minimum Gasteiger partial charge on any atom is -0.457 e. The lowest BCUT2D eigenvalue weighted by molar-refractivity contribution is 0.482. The summed E-state index contributed by atoms with van der Waals surface area (Å²) in [6.45, 7) is 4.61. The van der Waals surface area contributed by atoms with Crippen LogP contribution in [0, 0.1) is 5.41 Å². The Balaban J connectivity index is 1.62. The number of hydrogen-bond donors (Lipinski definition) is 1. The number of para-hydroxylation sites is 1. The van der Waals surface area contributed by atoms with Crippen LogP contribution in [0.2, 0.25) is 0 Å². The van der Waals surface area contributed by atoms with Gasteiger partial charge in [0.15, 0.2) is 0 Å². The largest absolute Gasteiger partial charge is 0.457 e. The Kier molecular flexibility index (Phi) is 3.39. The number of hydrogen-bond acceptors (Lipinski definition) is 2. The Bertz CT molecular complexity index is 558. The number of rotatable bonds is 5. The molecule has 104 valence electrons. The molecule has 1 atom stereocenters. The SMILES string of the molecule is CC(Nc1ccc(Oc2ccccc2)cc1)C1(C)CC1. The molecule has 1 unspecified atom stereocenters. The van der Waals surface area contributed by atoms with Crippen LogP contribution in [0.1, 0.15) is 26.7 Å². The highest BCUT2D eigenvalue weighted by atomic mass is 16.5. The molecule has 0 radical (unpaired) electrons. The van der Waals surface area contributed by atoms with Crippen LogP contribution in [-0.2, 0) is 0 Å². The minimum atomic E-state index is 0.485. The van der Waals surface area contributed by atoms with Gasteiger partial charge in [-0.1, -0.05) is 25.1 Å². The van der Waals surface area contributed by atoms with Gasteiger partial charge in [-0.05, 0) is 61.6 Å². The zero-order valence-electron chi connectivity index (χ0n) is 12.1. The molecule has 1 aliphatic rings. The van der Waals surface area contributed by atoms with Crippen molar-refractivity contribution in [3.8, 4) is 11.5 Å². The van der Waals surface area contributed by atoms with Gasteiger partial charge >= 0.3 is 0 Å². The highest BCUT2D eigenvalue weighted by Gasteiger charge is 2.42. The molecular formula is C18H21NO. The van der Waals surface area contributed by atoms with Gasteiger partial charge in [0, 0.05) is 11.7 Å². The van der Waals surface area contributed by atoms with Crippen LogP contribution in [0.15, 0.2) is 54.6 Å². The summed E-state index contributed by atoms with van der Waals surface area (Å²) in [6, 6.07) is 18.6. The molecule has 1 saturated carbocycles. The topological polar surface area (TPSA) is 21.3 Å². The Morgan fingerprint density at radius 1 is 0.950 bits per heavy atom. The molecule has 2 aromatic carbocycles. The normalized spacial score (nSPS) is 17.3. The second kappa shape index (κ2) is 5.20. The summed E-state index contributed by atoms with van der Waals surface area (Å²) in [5, 5.41) is 3.58. The van der Waals surface area contributed by atoms with Crippen LogP contribution in [0.5, 0.6) is 11.5 Å². The molecule has 0 aliphatic heterocycles. The first-order valence-electron chi connectivity index (χ1n) is 7.25. The summed E-state index contributed by atoms with van der Waals surface area (Å²) in [6.07, 6.45) is 2.66. The zero-order chi connectivity index (χ0) is 14.0. The minimum absolute atomic E-state index is 0.485. The smallest absolute Gasteiger partial charge is 0.127 e. The van der Waals surface area contributed by atoms with Gasteiger partial charge in [0.05, 0.1) is 0 Å². The third kappa shape index (κ3) is 2.96. The molecule has 0 aromatic heterocycles. The molecule has 2 aromatic rings. The lowest BCUT2D eigenvalue weighted by atomic mass is 10.0. The first kappa shape index (κ1) is 13.0. The molecule has 2 heteroatoms. The summed E-state index contributed by atoms with van der Waals surface area (Å²) in [5.74, 6) is 1.74. The van der Waals surface area contributed by atoms with E-state index in [2.05, 4.69) is 31.3 Å². The summed E-state index contributed by atoms with van der Waals surface area (Å²) in [4.78, 5) is 0. The van der Waals surface area contributed by atoms with Crippen molar-refractivity contribution < 1.29 is 4.74 Å². The van der Waals surface area contributed by atoms with Crippen molar-refractivity contribution in [3.63, 3.8) is 0 Å². The van der Waals surface area contributed by atoms with Crippen molar-refractivity contribution in [3.05, 3.63) is 54.6 Å². The Morgan fingerprint density at radius 2 is 1.55 bits per heavy atom.